The molecule has 0 aliphatic heterocycles. The lowest BCUT2D eigenvalue weighted by Crippen LogP contribution is -2.30. The van der Waals surface area contributed by atoms with Crippen molar-refractivity contribution in [3.8, 4) is 5.75 Å². The van der Waals surface area contributed by atoms with E-state index in [1.54, 1.807) is 31.3 Å². The minimum absolute atomic E-state index is 0.280. The number of carbonyl (C=O) groups is 1. The predicted octanol–water partition coefficient (Wildman–Crippen LogP) is 4.95. The predicted molar refractivity (Wildman–Crippen MR) is 96.9 cm³/mol. The Morgan fingerprint density at radius 2 is 2.00 bits per heavy atom. The van der Waals surface area contributed by atoms with E-state index in [2.05, 4.69) is 10.3 Å². The van der Waals surface area contributed by atoms with Crippen LogP contribution in [-0.2, 0) is 4.79 Å². The van der Waals surface area contributed by atoms with Crippen molar-refractivity contribution < 1.29 is 9.53 Å². The summed E-state index contributed by atoms with van der Waals surface area (Å²) in [7, 11) is 0. The highest BCUT2D eigenvalue weighted by molar-refractivity contribution is 6.35. The van der Waals surface area contributed by atoms with E-state index in [-0.39, 0.29) is 5.91 Å². The summed E-state index contributed by atoms with van der Waals surface area (Å²) >= 11 is 11.9. The minimum Gasteiger partial charge on any atom is -0.479 e. The van der Waals surface area contributed by atoms with Crippen molar-refractivity contribution in [1.82, 2.24) is 4.98 Å². The molecule has 0 aliphatic carbocycles. The van der Waals surface area contributed by atoms with Gasteiger partial charge in [-0.15, -0.1) is 0 Å². The fraction of sp³-hybridized carbons (Fsp3) is 0.111. The van der Waals surface area contributed by atoms with Crippen molar-refractivity contribution in [2.45, 2.75) is 13.0 Å². The number of benzene rings is 2. The molecule has 0 aliphatic rings. The highest BCUT2D eigenvalue weighted by Crippen LogP contribution is 2.28. The number of fused-ring (bicyclic) bond motifs is 1. The molecule has 122 valence electrons. The summed E-state index contributed by atoms with van der Waals surface area (Å²) in [4.78, 5) is 16.7. The Bertz CT molecular complexity index is 894. The number of amides is 1. The quantitative estimate of drug-likeness (QED) is 0.716. The number of hydrogen-bond acceptors (Lipinski definition) is 3. The van der Waals surface area contributed by atoms with E-state index in [1.165, 1.54) is 0 Å². The largest absolute Gasteiger partial charge is 0.479 e. The molecule has 2 aromatic carbocycles. The highest BCUT2D eigenvalue weighted by atomic mass is 35.5. The number of ether oxygens (including phenoxy) is 1. The van der Waals surface area contributed by atoms with Crippen molar-refractivity contribution in [3.63, 3.8) is 0 Å². The van der Waals surface area contributed by atoms with Gasteiger partial charge >= 0.3 is 0 Å². The van der Waals surface area contributed by atoms with Crippen molar-refractivity contribution in [2.24, 2.45) is 0 Å². The molecule has 1 atom stereocenters. The summed E-state index contributed by atoms with van der Waals surface area (Å²) in [5.74, 6) is 0.126. The lowest BCUT2D eigenvalue weighted by Gasteiger charge is -2.16. The van der Waals surface area contributed by atoms with Gasteiger partial charge in [-0.25, -0.2) is 0 Å². The molecule has 0 radical (unpaired) electrons. The van der Waals surface area contributed by atoms with Crippen LogP contribution in [0.2, 0.25) is 10.0 Å². The molecular formula is C18H14Cl2N2O2. The Morgan fingerprint density at radius 3 is 2.79 bits per heavy atom. The number of aromatic nitrogens is 1. The second kappa shape index (κ2) is 7.07. The molecule has 3 rings (SSSR count). The van der Waals surface area contributed by atoms with Gasteiger partial charge < -0.3 is 10.1 Å². The molecule has 0 spiro atoms. The first kappa shape index (κ1) is 16.6. The number of rotatable bonds is 4. The maximum Gasteiger partial charge on any atom is 0.265 e. The molecule has 1 heterocycles. The Morgan fingerprint density at radius 1 is 1.17 bits per heavy atom. The van der Waals surface area contributed by atoms with Gasteiger partial charge in [0.05, 0.1) is 16.2 Å². The van der Waals surface area contributed by atoms with E-state index < -0.39 is 6.10 Å². The summed E-state index contributed by atoms with van der Waals surface area (Å²) in [6, 6.07) is 14.1. The molecule has 0 saturated carbocycles. The van der Waals surface area contributed by atoms with Crippen LogP contribution >= 0.6 is 23.2 Å². The van der Waals surface area contributed by atoms with Crippen molar-refractivity contribution in [3.05, 3.63) is 64.8 Å². The number of hydrogen-bond donors (Lipinski definition) is 1. The van der Waals surface area contributed by atoms with Crippen molar-refractivity contribution in [2.75, 3.05) is 5.32 Å². The number of halogens is 2. The van der Waals surface area contributed by atoms with Gasteiger partial charge in [-0.1, -0.05) is 29.3 Å². The average Bonchev–Trinajstić information content (AvgIpc) is 2.57. The minimum atomic E-state index is -0.726. The van der Waals surface area contributed by atoms with E-state index in [0.29, 0.717) is 21.5 Å². The first-order chi connectivity index (χ1) is 11.5. The van der Waals surface area contributed by atoms with Crippen LogP contribution in [0.5, 0.6) is 5.75 Å². The van der Waals surface area contributed by atoms with Crippen LogP contribution in [0.25, 0.3) is 10.9 Å². The monoisotopic (exact) mass is 360 g/mol. The molecule has 0 fully saturated rings. The zero-order valence-corrected chi connectivity index (χ0v) is 14.3. The number of nitrogens with zero attached hydrogens (tertiary/aromatic N) is 1. The van der Waals surface area contributed by atoms with Gasteiger partial charge in [0.2, 0.25) is 0 Å². The lowest BCUT2D eigenvalue weighted by atomic mass is 10.2. The Hall–Kier alpha value is -2.30. The third-order valence-electron chi connectivity index (χ3n) is 3.47. The molecule has 3 aromatic rings. The summed E-state index contributed by atoms with van der Waals surface area (Å²) in [6.07, 6.45) is 0.984. The smallest absolute Gasteiger partial charge is 0.265 e. The number of pyridine rings is 1. The molecular weight excluding hydrogens is 347 g/mol. The van der Waals surface area contributed by atoms with E-state index in [1.807, 2.05) is 30.3 Å². The standard InChI is InChI=1S/C18H14Cl2N2O2/c1-11(24-17-8-7-12(19)10-14(17)20)18(23)22-16-6-2-5-15-13(16)4-3-9-21-15/h2-11H,1H3,(H,22,23)/t11-/m0/s1. The van der Waals surface area contributed by atoms with Crippen molar-refractivity contribution in [1.29, 1.82) is 0 Å². The molecule has 24 heavy (non-hydrogen) atoms. The molecule has 0 bridgehead atoms. The molecule has 0 saturated heterocycles. The fourth-order valence-electron chi connectivity index (χ4n) is 2.26. The van der Waals surface area contributed by atoms with Gasteiger partial charge in [0.1, 0.15) is 5.75 Å². The van der Waals surface area contributed by atoms with Crippen LogP contribution in [0.4, 0.5) is 5.69 Å². The Labute approximate surface area is 149 Å². The van der Waals surface area contributed by atoms with Crippen LogP contribution in [-0.4, -0.2) is 17.0 Å². The summed E-state index contributed by atoms with van der Waals surface area (Å²) in [5, 5.41) is 4.59. The van der Waals surface area contributed by atoms with Crippen LogP contribution in [0, 0.1) is 0 Å². The Kier molecular flexibility index (Phi) is 4.88. The van der Waals surface area contributed by atoms with Gasteiger partial charge in [-0.05, 0) is 49.4 Å². The SMILES string of the molecule is C[C@H](Oc1ccc(Cl)cc1Cl)C(=O)Nc1cccc2ncccc12. The molecule has 0 unspecified atom stereocenters. The van der Waals surface area contributed by atoms with Crippen LogP contribution in [0.1, 0.15) is 6.92 Å². The van der Waals surface area contributed by atoms with E-state index in [0.717, 1.165) is 10.9 Å². The van der Waals surface area contributed by atoms with Gasteiger partial charge in [0, 0.05) is 16.6 Å². The summed E-state index contributed by atoms with van der Waals surface area (Å²) in [5.41, 5.74) is 1.49. The summed E-state index contributed by atoms with van der Waals surface area (Å²) < 4.78 is 5.63. The van der Waals surface area contributed by atoms with E-state index in [9.17, 15) is 4.79 Å². The van der Waals surface area contributed by atoms with Gasteiger partial charge in [0.25, 0.3) is 5.91 Å². The van der Waals surface area contributed by atoms with E-state index >= 15 is 0 Å². The van der Waals surface area contributed by atoms with Gasteiger partial charge in [-0.2, -0.15) is 0 Å². The Balaban J connectivity index is 1.76. The van der Waals surface area contributed by atoms with Gasteiger partial charge in [0.15, 0.2) is 6.10 Å². The zero-order valence-electron chi connectivity index (χ0n) is 12.8. The second-order valence-corrected chi connectivity index (χ2v) is 6.04. The van der Waals surface area contributed by atoms with Crippen LogP contribution in [0.3, 0.4) is 0 Å². The van der Waals surface area contributed by atoms with Gasteiger partial charge in [-0.3, -0.25) is 9.78 Å². The van der Waals surface area contributed by atoms with Crippen LogP contribution < -0.4 is 10.1 Å². The third-order valence-corrected chi connectivity index (χ3v) is 4.00. The number of nitrogens with one attached hydrogen (secondary N) is 1. The van der Waals surface area contributed by atoms with Crippen LogP contribution in [0.15, 0.2) is 54.7 Å². The molecule has 6 heteroatoms. The molecule has 1 N–H and O–H groups in total. The maximum atomic E-state index is 12.4. The topological polar surface area (TPSA) is 51.2 Å². The fourth-order valence-corrected chi connectivity index (χ4v) is 2.71. The normalized spacial score (nSPS) is 12.0. The van der Waals surface area contributed by atoms with E-state index in [4.69, 9.17) is 27.9 Å². The zero-order chi connectivity index (χ0) is 17.1. The average molecular weight is 361 g/mol. The highest BCUT2D eigenvalue weighted by Gasteiger charge is 2.17. The lowest BCUT2D eigenvalue weighted by molar-refractivity contribution is -0.122. The first-order valence-corrected chi connectivity index (χ1v) is 8.06. The first-order valence-electron chi connectivity index (χ1n) is 7.31. The molecule has 1 aromatic heterocycles. The maximum absolute atomic E-state index is 12.4. The second-order valence-electron chi connectivity index (χ2n) is 5.20. The number of carbonyl (C=O) groups excluding carboxylic acids is 1. The third kappa shape index (κ3) is 3.61. The molecule has 1 amide bonds. The van der Waals surface area contributed by atoms with Crippen molar-refractivity contribution >= 4 is 45.7 Å². The molecule has 4 nitrogen and oxygen atoms in total. The summed E-state index contributed by atoms with van der Waals surface area (Å²) in [6.45, 7) is 1.66. The number of anilines is 1.